The monoisotopic (exact) mass is 297 g/mol. The molecule has 1 heterocycles. The Bertz CT molecular complexity index is 531. The maximum atomic E-state index is 12.2. The molecule has 1 rings (SSSR count). The summed E-state index contributed by atoms with van der Waals surface area (Å²) in [5.41, 5.74) is 0.265. The summed E-state index contributed by atoms with van der Waals surface area (Å²) in [6, 6.07) is 0.165. The van der Waals surface area contributed by atoms with Gasteiger partial charge in [-0.25, -0.2) is 13.1 Å². The molecule has 9 heteroatoms. The van der Waals surface area contributed by atoms with Gasteiger partial charge in [-0.05, 0) is 13.0 Å². The topological polar surface area (TPSA) is 71.1 Å². The van der Waals surface area contributed by atoms with Crippen LogP contribution in [-0.4, -0.2) is 32.7 Å². The predicted octanol–water partition coefficient (Wildman–Crippen LogP) is 1.74. The van der Waals surface area contributed by atoms with Crippen LogP contribution < -0.4 is 10.0 Å². The minimum Gasteiger partial charge on any atom is -0.387 e. The van der Waals surface area contributed by atoms with Crippen LogP contribution in [0.4, 0.5) is 18.9 Å². The van der Waals surface area contributed by atoms with Crippen molar-refractivity contribution in [2.75, 3.05) is 12.4 Å². The van der Waals surface area contributed by atoms with E-state index in [1.807, 2.05) is 4.72 Å². The summed E-state index contributed by atoms with van der Waals surface area (Å²) in [5, 5.41) is 2.64. The molecule has 0 fully saturated rings. The predicted molar refractivity (Wildman–Crippen MR) is 64.2 cm³/mol. The Kier molecular flexibility index (Phi) is 4.75. The second-order valence-corrected chi connectivity index (χ2v) is 5.65. The second kappa shape index (κ2) is 5.74. The smallest absolute Gasteiger partial charge is 0.387 e. The first-order valence-electron chi connectivity index (χ1n) is 5.36. The third-order valence-corrected chi connectivity index (χ3v) is 3.85. The molecule has 5 nitrogen and oxygen atoms in total. The molecule has 1 atom stereocenters. The first kappa shape index (κ1) is 15.7. The van der Waals surface area contributed by atoms with Crippen LogP contribution in [0, 0.1) is 0 Å². The van der Waals surface area contributed by atoms with E-state index in [-0.39, 0.29) is 10.6 Å². The molecule has 1 aromatic heterocycles. The molecule has 0 aliphatic carbocycles. The lowest BCUT2D eigenvalue weighted by atomic mass is 10.2. The van der Waals surface area contributed by atoms with E-state index >= 15 is 0 Å². The van der Waals surface area contributed by atoms with E-state index in [0.29, 0.717) is 0 Å². The van der Waals surface area contributed by atoms with Crippen molar-refractivity contribution in [1.29, 1.82) is 0 Å². The zero-order chi connectivity index (χ0) is 14.7. The molecular formula is C10H14F3N3O2S. The van der Waals surface area contributed by atoms with Gasteiger partial charge < -0.3 is 5.32 Å². The molecule has 0 radical (unpaired) electrons. The summed E-state index contributed by atoms with van der Waals surface area (Å²) >= 11 is 0. The van der Waals surface area contributed by atoms with E-state index in [9.17, 15) is 21.6 Å². The van der Waals surface area contributed by atoms with Gasteiger partial charge in [-0.1, -0.05) is 0 Å². The fraction of sp³-hybridized carbons (Fsp3) is 0.500. The maximum absolute atomic E-state index is 12.2. The number of rotatable bonds is 5. The fourth-order valence-electron chi connectivity index (χ4n) is 1.52. The largest absolute Gasteiger partial charge is 0.390 e. The molecule has 0 saturated heterocycles. The fourth-order valence-corrected chi connectivity index (χ4v) is 2.92. The minimum atomic E-state index is -4.43. The van der Waals surface area contributed by atoms with E-state index < -0.39 is 28.7 Å². The molecule has 0 aliphatic heterocycles. The van der Waals surface area contributed by atoms with Crippen LogP contribution in [-0.2, 0) is 10.0 Å². The number of aromatic nitrogens is 1. The highest BCUT2D eigenvalue weighted by Crippen LogP contribution is 2.23. The van der Waals surface area contributed by atoms with E-state index in [0.717, 1.165) is 13.1 Å². The lowest BCUT2D eigenvalue weighted by Gasteiger charge is -2.17. The Morgan fingerprint density at radius 1 is 1.42 bits per heavy atom. The highest BCUT2D eigenvalue weighted by atomic mass is 32.2. The van der Waals surface area contributed by atoms with Gasteiger partial charge in [0.15, 0.2) is 0 Å². The highest BCUT2D eigenvalue weighted by Gasteiger charge is 2.32. The van der Waals surface area contributed by atoms with E-state index in [1.54, 1.807) is 0 Å². The van der Waals surface area contributed by atoms with E-state index in [2.05, 4.69) is 10.3 Å². The molecule has 2 N–H and O–H groups in total. The maximum Gasteiger partial charge on any atom is 0.390 e. The average molecular weight is 297 g/mol. The number of pyridine rings is 1. The average Bonchev–Trinajstić information content (AvgIpc) is 2.25. The Morgan fingerprint density at radius 3 is 2.58 bits per heavy atom. The highest BCUT2D eigenvalue weighted by molar-refractivity contribution is 7.89. The molecule has 0 aromatic carbocycles. The van der Waals surface area contributed by atoms with Gasteiger partial charge in [0.1, 0.15) is 4.90 Å². The van der Waals surface area contributed by atoms with Gasteiger partial charge in [-0.2, -0.15) is 13.2 Å². The molecular weight excluding hydrogens is 283 g/mol. The molecule has 0 saturated carbocycles. The number of hydrogen-bond donors (Lipinski definition) is 2. The van der Waals surface area contributed by atoms with Crippen LogP contribution in [0.3, 0.4) is 0 Å². The van der Waals surface area contributed by atoms with Crippen LogP contribution >= 0.6 is 0 Å². The molecule has 0 spiro atoms. The van der Waals surface area contributed by atoms with Crippen molar-refractivity contribution in [1.82, 2.24) is 9.71 Å². The molecule has 0 aliphatic rings. The lowest BCUT2D eigenvalue weighted by molar-refractivity contribution is -0.137. The number of nitrogens with zero attached hydrogens (tertiary/aromatic N) is 1. The molecule has 0 bridgehead atoms. The lowest BCUT2D eigenvalue weighted by Crippen LogP contribution is -2.36. The second-order valence-electron chi connectivity index (χ2n) is 3.96. The van der Waals surface area contributed by atoms with Gasteiger partial charge in [0.25, 0.3) is 0 Å². The van der Waals surface area contributed by atoms with Crippen molar-refractivity contribution in [2.24, 2.45) is 0 Å². The summed E-state index contributed by atoms with van der Waals surface area (Å²) < 4.78 is 62.4. The van der Waals surface area contributed by atoms with Crippen molar-refractivity contribution < 1.29 is 21.6 Å². The molecule has 19 heavy (non-hydrogen) atoms. The molecule has 1 unspecified atom stereocenters. The van der Waals surface area contributed by atoms with E-state index in [1.165, 1.54) is 19.3 Å². The van der Waals surface area contributed by atoms with Gasteiger partial charge in [-0.15, -0.1) is 0 Å². The SMILES string of the molecule is CNc1ccncc1S(=O)(=O)NC(C)CC(F)(F)F. The van der Waals surface area contributed by atoms with Crippen LogP contribution in [0.25, 0.3) is 0 Å². The zero-order valence-electron chi connectivity index (χ0n) is 10.3. The number of sulfonamides is 1. The summed E-state index contributed by atoms with van der Waals surface area (Å²) in [6.45, 7) is 1.15. The summed E-state index contributed by atoms with van der Waals surface area (Å²) in [5.74, 6) is 0. The molecule has 0 amide bonds. The standard InChI is InChI=1S/C10H14F3N3O2S/c1-7(5-10(11,12)13)16-19(17,18)9-6-15-4-3-8(9)14-2/h3-4,6-7,16H,5H2,1-2H3,(H,14,15). The van der Waals surface area contributed by atoms with Gasteiger partial charge in [0.05, 0.1) is 12.1 Å². The molecule has 1 aromatic rings. The van der Waals surface area contributed by atoms with E-state index in [4.69, 9.17) is 0 Å². The van der Waals surface area contributed by atoms with Crippen molar-refractivity contribution >= 4 is 15.7 Å². The number of nitrogens with one attached hydrogen (secondary N) is 2. The Balaban J connectivity index is 2.93. The van der Waals surface area contributed by atoms with Gasteiger partial charge in [-0.3, -0.25) is 4.98 Å². The van der Waals surface area contributed by atoms with Crippen molar-refractivity contribution in [3.63, 3.8) is 0 Å². The van der Waals surface area contributed by atoms with Gasteiger partial charge in [0.2, 0.25) is 10.0 Å². The van der Waals surface area contributed by atoms with Crippen LogP contribution in [0.1, 0.15) is 13.3 Å². The van der Waals surface area contributed by atoms with Gasteiger partial charge in [0, 0.05) is 25.5 Å². The summed E-state index contributed by atoms with van der Waals surface area (Å²) in [4.78, 5) is 3.47. The van der Waals surface area contributed by atoms with Crippen LogP contribution in [0.5, 0.6) is 0 Å². The quantitative estimate of drug-likeness (QED) is 0.868. The molecule has 108 valence electrons. The Hall–Kier alpha value is -1.35. The Labute approximate surface area is 109 Å². The zero-order valence-corrected chi connectivity index (χ0v) is 11.1. The summed E-state index contributed by atoms with van der Waals surface area (Å²) in [7, 11) is -2.54. The van der Waals surface area contributed by atoms with Gasteiger partial charge >= 0.3 is 6.18 Å². The first-order valence-corrected chi connectivity index (χ1v) is 6.85. The third kappa shape index (κ3) is 4.67. The van der Waals surface area contributed by atoms with Crippen molar-refractivity contribution in [2.45, 2.75) is 30.5 Å². The van der Waals surface area contributed by atoms with Crippen molar-refractivity contribution in [3.05, 3.63) is 18.5 Å². The van der Waals surface area contributed by atoms with Crippen LogP contribution in [0.2, 0.25) is 0 Å². The van der Waals surface area contributed by atoms with Crippen LogP contribution in [0.15, 0.2) is 23.4 Å². The Morgan fingerprint density at radius 2 is 2.05 bits per heavy atom. The number of anilines is 1. The third-order valence-electron chi connectivity index (χ3n) is 2.24. The van der Waals surface area contributed by atoms with Crippen molar-refractivity contribution in [3.8, 4) is 0 Å². The number of alkyl halides is 3. The number of hydrogen-bond acceptors (Lipinski definition) is 4. The first-order chi connectivity index (χ1) is 8.65. The minimum absolute atomic E-state index is 0.188. The summed E-state index contributed by atoms with van der Waals surface area (Å²) in [6.07, 6.45) is -3.21. The normalized spacial score (nSPS) is 14.2. The number of halogens is 3.